The molecule has 1 N–H and O–H groups in total. The average molecular weight is 455 g/mol. The van der Waals surface area contributed by atoms with Crippen LogP contribution in [0.2, 0.25) is 0 Å². The molecule has 34 heavy (non-hydrogen) atoms. The molecule has 0 saturated heterocycles. The predicted octanol–water partition coefficient (Wildman–Crippen LogP) is 3.87. The summed E-state index contributed by atoms with van der Waals surface area (Å²) in [6, 6.07) is 23.4. The number of carbonyl (C=O) groups is 1. The first-order valence-electron chi connectivity index (χ1n) is 10.8. The number of nitrogens with one attached hydrogen (secondary N) is 1. The first-order chi connectivity index (χ1) is 16.6. The molecule has 0 aliphatic heterocycles. The monoisotopic (exact) mass is 455 g/mol. The lowest BCUT2D eigenvalue weighted by Crippen LogP contribution is -2.28. The number of anilines is 1. The molecule has 2 aromatic heterocycles. The fraction of sp³-hybridized carbons (Fsp3) is 0.120. The van der Waals surface area contributed by atoms with Crippen LogP contribution in [-0.4, -0.2) is 31.7 Å². The van der Waals surface area contributed by atoms with Crippen LogP contribution >= 0.6 is 0 Å². The summed E-state index contributed by atoms with van der Waals surface area (Å²) in [6.07, 6.45) is 0. The van der Waals surface area contributed by atoms with Gasteiger partial charge < -0.3 is 14.8 Å². The summed E-state index contributed by atoms with van der Waals surface area (Å²) in [5.41, 5.74) is 1.40. The molecular formula is C25H21N5O4. The van der Waals surface area contributed by atoms with E-state index in [0.717, 1.165) is 4.68 Å². The Bertz CT molecular complexity index is 1540. The fourth-order valence-electron chi connectivity index (χ4n) is 3.62. The Kier molecular flexibility index (Phi) is 5.65. The van der Waals surface area contributed by atoms with E-state index in [9.17, 15) is 9.59 Å². The molecule has 0 spiro atoms. The van der Waals surface area contributed by atoms with Crippen molar-refractivity contribution in [3.05, 3.63) is 89.3 Å². The summed E-state index contributed by atoms with van der Waals surface area (Å²) in [7, 11) is 0. The molecule has 0 aliphatic carbocycles. The van der Waals surface area contributed by atoms with Crippen molar-refractivity contribution in [2.75, 3.05) is 11.9 Å². The van der Waals surface area contributed by atoms with Gasteiger partial charge in [0.25, 0.3) is 5.88 Å². The van der Waals surface area contributed by atoms with Gasteiger partial charge in [0.15, 0.2) is 0 Å². The molecule has 2 heterocycles. The van der Waals surface area contributed by atoms with Gasteiger partial charge in [-0.3, -0.25) is 4.79 Å². The Hall–Kier alpha value is -4.66. The molecule has 0 saturated carbocycles. The number of hydrogen-bond donors (Lipinski definition) is 1. The van der Waals surface area contributed by atoms with E-state index in [1.165, 1.54) is 4.40 Å². The second kappa shape index (κ2) is 9.07. The number of para-hydroxylation sites is 5. The van der Waals surface area contributed by atoms with Gasteiger partial charge in [-0.2, -0.15) is 0 Å². The highest BCUT2D eigenvalue weighted by Crippen LogP contribution is 2.26. The van der Waals surface area contributed by atoms with Crippen molar-refractivity contribution in [1.29, 1.82) is 0 Å². The number of amides is 1. The lowest BCUT2D eigenvalue weighted by Gasteiger charge is -2.10. The van der Waals surface area contributed by atoms with Gasteiger partial charge in [-0.15, -0.1) is 5.10 Å². The molecule has 0 atom stereocenters. The molecule has 5 rings (SSSR count). The highest BCUT2D eigenvalue weighted by atomic mass is 16.5. The maximum atomic E-state index is 13.3. The molecule has 0 aliphatic rings. The molecular weight excluding hydrogens is 434 g/mol. The van der Waals surface area contributed by atoms with E-state index < -0.39 is 11.6 Å². The van der Waals surface area contributed by atoms with Crippen molar-refractivity contribution in [1.82, 2.24) is 19.2 Å². The van der Waals surface area contributed by atoms with Crippen LogP contribution in [0.15, 0.2) is 83.7 Å². The molecule has 0 bridgehead atoms. The Morgan fingerprint density at radius 2 is 1.71 bits per heavy atom. The molecule has 5 aromatic rings. The number of carbonyl (C=O) groups excluding carboxylic acids is 1. The molecule has 0 fully saturated rings. The Morgan fingerprint density at radius 3 is 2.53 bits per heavy atom. The first-order valence-corrected chi connectivity index (χ1v) is 10.8. The van der Waals surface area contributed by atoms with Crippen LogP contribution < -0.4 is 20.5 Å². The number of ether oxygens (including phenoxy) is 2. The number of hydrogen-bond acceptors (Lipinski definition) is 6. The van der Waals surface area contributed by atoms with Crippen molar-refractivity contribution in [2.45, 2.75) is 13.5 Å². The Balaban J connectivity index is 1.53. The van der Waals surface area contributed by atoms with Crippen LogP contribution in [0.5, 0.6) is 17.4 Å². The van der Waals surface area contributed by atoms with Crippen molar-refractivity contribution in [2.24, 2.45) is 0 Å². The lowest BCUT2D eigenvalue weighted by atomic mass is 10.3. The molecule has 0 unspecified atom stereocenters. The Morgan fingerprint density at radius 1 is 0.971 bits per heavy atom. The van der Waals surface area contributed by atoms with Gasteiger partial charge in [-0.1, -0.05) is 42.5 Å². The molecule has 0 radical (unpaired) electrons. The number of aromatic nitrogens is 4. The average Bonchev–Trinajstić information content (AvgIpc) is 3.17. The number of rotatable bonds is 7. The predicted molar refractivity (Wildman–Crippen MR) is 128 cm³/mol. The summed E-state index contributed by atoms with van der Waals surface area (Å²) in [6.45, 7) is 2.03. The second-order valence-electron chi connectivity index (χ2n) is 7.40. The largest absolute Gasteiger partial charge is 0.492 e. The van der Waals surface area contributed by atoms with Gasteiger partial charge >= 0.3 is 5.69 Å². The molecule has 3 aromatic carbocycles. The van der Waals surface area contributed by atoms with E-state index in [-0.39, 0.29) is 18.1 Å². The van der Waals surface area contributed by atoms with E-state index in [1.54, 1.807) is 42.5 Å². The summed E-state index contributed by atoms with van der Waals surface area (Å²) >= 11 is 0. The quantitative estimate of drug-likeness (QED) is 0.400. The summed E-state index contributed by atoms with van der Waals surface area (Å²) in [5.74, 6) is 0.859. The van der Waals surface area contributed by atoms with Gasteiger partial charge in [0.1, 0.15) is 18.0 Å². The molecule has 1 amide bonds. The van der Waals surface area contributed by atoms with Crippen molar-refractivity contribution < 1.29 is 14.3 Å². The van der Waals surface area contributed by atoms with Crippen LogP contribution in [0.3, 0.4) is 0 Å². The Labute approximate surface area is 194 Å². The van der Waals surface area contributed by atoms with Crippen LogP contribution in [-0.2, 0) is 11.3 Å². The van der Waals surface area contributed by atoms with E-state index in [0.29, 0.717) is 34.8 Å². The summed E-state index contributed by atoms with van der Waals surface area (Å²) in [5, 5.41) is 7.17. The van der Waals surface area contributed by atoms with Crippen LogP contribution in [0.4, 0.5) is 5.69 Å². The third kappa shape index (κ3) is 4.06. The third-order valence-corrected chi connectivity index (χ3v) is 5.09. The zero-order valence-corrected chi connectivity index (χ0v) is 18.3. The van der Waals surface area contributed by atoms with Crippen molar-refractivity contribution in [3.63, 3.8) is 0 Å². The number of nitrogens with zero attached hydrogens (tertiary/aromatic N) is 4. The van der Waals surface area contributed by atoms with E-state index in [1.807, 2.05) is 43.3 Å². The van der Waals surface area contributed by atoms with Crippen LogP contribution in [0.25, 0.3) is 16.7 Å². The van der Waals surface area contributed by atoms with E-state index in [4.69, 9.17) is 9.47 Å². The summed E-state index contributed by atoms with van der Waals surface area (Å²) < 4.78 is 14.0. The SMILES string of the molecule is CCOc1ccccc1NC(=O)Cn1nc2c(Oc3ccccc3)nc3ccccc3n2c1=O. The molecule has 9 nitrogen and oxygen atoms in total. The smallest absolute Gasteiger partial charge is 0.351 e. The normalized spacial score (nSPS) is 11.0. The molecule has 170 valence electrons. The minimum atomic E-state index is -0.472. The van der Waals surface area contributed by atoms with Crippen molar-refractivity contribution >= 4 is 28.3 Å². The van der Waals surface area contributed by atoms with Gasteiger partial charge in [0.05, 0.1) is 23.3 Å². The zero-order chi connectivity index (χ0) is 23.5. The van der Waals surface area contributed by atoms with Gasteiger partial charge in [0.2, 0.25) is 11.6 Å². The fourth-order valence-corrected chi connectivity index (χ4v) is 3.62. The summed E-state index contributed by atoms with van der Waals surface area (Å²) in [4.78, 5) is 30.6. The number of benzene rings is 3. The van der Waals surface area contributed by atoms with E-state index in [2.05, 4.69) is 15.4 Å². The van der Waals surface area contributed by atoms with E-state index >= 15 is 0 Å². The topological polar surface area (TPSA) is 99.8 Å². The standard InChI is InChI=1S/C25H21N5O4/c1-2-33-21-15-9-7-13-19(21)26-22(31)16-29-25(32)30-20-14-8-6-12-18(20)27-24(23(30)28-29)34-17-10-4-3-5-11-17/h3-15H,2,16H2,1H3,(H,26,31). The lowest BCUT2D eigenvalue weighted by molar-refractivity contribution is -0.117. The zero-order valence-electron chi connectivity index (χ0n) is 18.3. The van der Waals surface area contributed by atoms with Gasteiger partial charge in [0, 0.05) is 0 Å². The highest BCUT2D eigenvalue weighted by molar-refractivity contribution is 5.92. The molecule has 9 heteroatoms. The first kappa shape index (κ1) is 21.2. The van der Waals surface area contributed by atoms with Gasteiger partial charge in [-0.25, -0.2) is 18.9 Å². The minimum absolute atomic E-state index is 0.169. The van der Waals surface area contributed by atoms with Gasteiger partial charge in [-0.05, 0) is 43.3 Å². The third-order valence-electron chi connectivity index (χ3n) is 5.09. The highest BCUT2D eigenvalue weighted by Gasteiger charge is 2.19. The van der Waals surface area contributed by atoms with Crippen molar-refractivity contribution in [3.8, 4) is 17.4 Å². The maximum absolute atomic E-state index is 13.3. The second-order valence-corrected chi connectivity index (χ2v) is 7.40. The maximum Gasteiger partial charge on any atom is 0.351 e. The van der Waals surface area contributed by atoms with Crippen LogP contribution in [0, 0.1) is 0 Å². The number of fused-ring (bicyclic) bond motifs is 3. The van der Waals surface area contributed by atoms with Crippen LogP contribution in [0.1, 0.15) is 6.92 Å². The minimum Gasteiger partial charge on any atom is -0.492 e.